The van der Waals surface area contributed by atoms with Crippen LogP contribution in [0.4, 0.5) is 0 Å². The first kappa shape index (κ1) is 19.6. The van der Waals surface area contributed by atoms with Gasteiger partial charge in [0.05, 0.1) is 15.7 Å². The summed E-state index contributed by atoms with van der Waals surface area (Å²) in [6.45, 7) is 2.12. The van der Waals surface area contributed by atoms with E-state index >= 15 is 0 Å². The number of fused-ring (bicyclic) bond motifs is 1. The van der Waals surface area contributed by atoms with Crippen LogP contribution >= 0.6 is 23.2 Å². The minimum atomic E-state index is -3.48. The van der Waals surface area contributed by atoms with Gasteiger partial charge in [-0.15, -0.1) is 10.2 Å². The Kier molecular flexibility index (Phi) is 5.60. The summed E-state index contributed by atoms with van der Waals surface area (Å²) in [4.78, 5) is 2.28. The molecular weight excluding hydrogens is 419 g/mol. The Hall–Kier alpha value is -1.67. The highest BCUT2D eigenvalue weighted by molar-refractivity contribution is 7.91. The zero-order chi connectivity index (χ0) is 19.7. The third kappa shape index (κ3) is 4.03. The highest BCUT2D eigenvalue weighted by atomic mass is 35.5. The maximum atomic E-state index is 12.7. The van der Waals surface area contributed by atoms with Crippen LogP contribution in [0.5, 0.6) is 0 Å². The van der Waals surface area contributed by atoms with E-state index in [0.717, 1.165) is 37.4 Å². The van der Waals surface area contributed by atoms with E-state index < -0.39 is 9.84 Å². The molecule has 148 valence electrons. The van der Waals surface area contributed by atoms with Crippen LogP contribution in [0.3, 0.4) is 0 Å². The summed E-state index contributed by atoms with van der Waals surface area (Å²) in [6.07, 6.45) is 3.83. The number of halogens is 2. The first-order valence-corrected chi connectivity index (χ1v) is 11.5. The van der Waals surface area contributed by atoms with Crippen LogP contribution in [-0.4, -0.2) is 53.3 Å². The fraction of sp³-hybridized carbons (Fsp3) is 0.368. The molecule has 0 spiro atoms. The Balaban J connectivity index is 1.37. The average molecular weight is 439 g/mol. The van der Waals surface area contributed by atoms with Gasteiger partial charge in [-0.25, -0.2) is 8.42 Å². The molecule has 1 aliphatic heterocycles. The van der Waals surface area contributed by atoms with Crippen molar-refractivity contribution in [3.63, 3.8) is 0 Å². The summed E-state index contributed by atoms with van der Waals surface area (Å²) >= 11 is 12.0. The van der Waals surface area contributed by atoms with E-state index in [9.17, 15) is 8.42 Å². The number of benzene rings is 1. The van der Waals surface area contributed by atoms with Gasteiger partial charge in [-0.1, -0.05) is 29.3 Å². The van der Waals surface area contributed by atoms with E-state index in [1.54, 1.807) is 6.07 Å². The van der Waals surface area contributed by atoms with Crippen LogP contribution in [0.15, 0.2) is 47.5 Å². The number of piperidine rings is 1. The van der Waals surface area contributed by atoms with Gasteiger partial charge in [-0.05, 0) is 56.3 Å². The van der Waals surface area contributed by atoms with E-state index in [1.165, 1.54) is 12.1 Å². The lowest BCUT2D eigenvalue weighted by Crippen LogP contribution is -2.36. The highest BCUT2D eigenvalue weighted by Crippen LogP contribution is 2.28. The molecule has 0 saturated carbocycles. The summed E-state index contributed by atoms with van der Waals surface area (Å²) in [7, 11) is -3.48. The fourth-order valence-electron chi connectivity index (χ4n) is 3.63. The van der Waals surface area contributed by atoms with Crippen molar-refractivity contribution in [1.82, 2.24) is 19.5 Å². The Bertz CT molecular complexity index is 1090. The number of nitrogens with zero attached hydrogens (tertiary/aromatic N) is 4. The van der Waals surface area contributed by atoms with Crippen molar-refractivity contribution in [1.29, 1.82) is 0 Å². The molecule has 1 saturated heterocycles. The molecule has 1 aromatic carbocycles. The molecule has 1 fully saturated rings. The number of sulfone groups is 1. The number of pyridine rings is 1. The molecule has 2 aromatic heterocycles. The van der Waals surface area contributed by atoms with Gasteiger partial charge in [-0.2, -0.15) is 0 Å². The smallest absolute Gasteiger partial charge is 0.181 e. The van der Waals surface area contributed by atoms with Crippen LogP contribution in [0, 0.1) is 0 Å². The lowest BCUT2D eigenvalue weighted by atomic mass is 9.96. The second-order valence-electron chi connectivity index (χ2n) is 7.00. The molecule has 6 nitrogen and oxygen atoms in total. The molecule has 9 heteroatoms. The highest BCUT2D eigenvalue weighted by Gasteiger charge is 2.26. The Labute approximate surface area is 174 Å². The largest absolute Gasteiger partial charge is 0.302 e. The van der Waals surface area contributed by atoms with Gasteiger partial charge in [0.2, 0.25) is 0 Å². The topological polar surface area (TPSA) is 67.6 Å². The lowest BCUT2D eigenvalue weighted by Gasteiger charge is -2.31. The summed E-state index contributed by atoms with van der Waals surface area (Å²) in [5, 5.41) is 9.16. The van der Waals surface area contributed by atoms with Gasteiger partial charge in [-0.3, -0.25) is 4.40 Å². The predicted molar refractivity (Wildman–Crippen MR) is 110 cm³/mol. The SMILES string of the molecule is O=S(=O)(CCN1CCC(c2nnc3ccccn23)CC1)c1cc(Cl)ccc1Cl. The van der Waals surface area contributed by atoms with Crippen molar-refractivity contribution < 1.29 is 8.42 Å². The molecule has 0 bridgehead atoms. The van der Waals surface area contributed by atoms with Crippen LogP contribution in [-0.2, 0) is 9.84 Å². The number of likely N-dealkylation sites (tertiary alicyclic amines) is 1. The summed E-state index contributed by atoms with van der Waals surface area (Å²) in [5.41, 5.74) is 0.851. The minimum Gasteiger partial charge on any atom is -0.302 e. The van der Waals surface area contributed by atoms with Crippen molar-refractivity contribution >= 4 is 38.7 Å². The second-order valence-corrected chi connectivity index (χ2v) is 9.92. The van der Waals surface area contributed by atoms with E-state index in [1.807, 2.05) is 28.8 Å². The monoisotopic (exact) mass is 438 g/mol. The Morgan fingerprint density at radius 3 is 2.64 bits per heavy atom. The van der Waals surface area contributed by atoms with Gasteiger partial charge in [0.25, 0.3) is 0 Å². The summed E-state index contributed by atoms with van der Waals surface area (Å²) < 4.78 is 27.3. The summed E-state index contributed by atoms with van der Waals surface area (Å²) in [5.74, 6) is 1.33. The average Bonchev–Trinajstić information content (AvgIpc) is 3.13. The van der Waals surface area contributed by atoms with Crippen molar-refractivity contribution in [3.05, 3.63) is 58.5 Å². The zero-order valence-electron chi connectivity index (χ0n) is 15.1. The molecule has 0 amide bonds. The molecule has 0 N–H and O–H groups in total. The molecule has 0 aliphatic carbocycles. The Morgan fingerprint density at radius 2 is 1.86 bits per heavy atom. The fourth-order valence-corrected chi connectivity index (χ4v) is 5.72. The van der Waals surface area contributed by atoms with E-state index in [0.29, 0.717) is 17.5 Å². The van der Waals surface area contributed by atoms with Crippen molar-refractivity contribution in [2.75, 3.05) is 25.4 Å². The van der Waals surface area contributed by atoms with Crippen LogP contribution < -0.4 is 0 Å². The molecule has 0 radical (unpaired) electrons. The third-order valence-corrected chi connectivity index (χ3v) is 7.60. The van der Waals surface area contributed by atoms with E-state index in [-0.39, 0.29) is 15.7 Å². The van der Waals surface area contributed by atoms with Crippen LogP contribution in [0.25, 0.3) is 5.65 Å². The molecule has 3 heterocycles. The molecule has 3 aromatic rings. The first-order chi connectivity index (χ1) is 13.4. The quantitative estimate of drug-likeness (QED) is 0.607. The molecule has 1 aliphatic rings. The van der Waals surface area contributed by atoms with Crippen LogP contribution in [0.2, 0.25) is 10.0 Å². The molecule has 0 atom stereocenters. The van der Waals surface area contributed by atoms with Crippen molar-refractivity contribution in [2.45, 2.75) is 23.7 Å². The zero-order valence-corrected chi connectivity index (χ0v) is 17.5. The number of hydrogen-bond donors (Lipinski definition) is 0. The van der Waals surface area contributed by atoms with Gasteiger partial charge in [0, 0.05) is 23.7 Å². The van der Waals surface area contributed by atoms with Crippen LogP contribution in [0.1, 0.15) is 24.6 Å². The van der Waals surface area contributed by atoms with Crippen molar-refractivity contribution in [3.8, 4) is 0 Å². The first-order valence-electron chi connectivity index (χ1n) is 9.14. The second kappa shape index (κ2) is 7.99. The number of hydrogen-bond acceptors (Lipinski definition) is 5. The third-order valence-electron chi connectivity index (χ3n) is 5.20. The van der Waals surface area contributed by atoms with E-state index in [4.69, 9.17) is 23.2 Å². The van der Waals surface area contributed by atoms with E-state index in [2.05, 4.69) is 15.1 Å². The normalized spacial score (nSPS) is 16.6. The molecular formula is C19H20Cl2N4O2S. The van der Waals surface area contributed by atoms with Crippen molar-refractivity contribution in [2.24, 2.45) is 0 Å². The number of rotatable bonds is 5. The molecule has 4 rings (SSSR count). The predicted octanol–water partition coefficient (Wildman–Crippen LogP) is 3.69. The maximum absolute atomic E-state index is 12.7. The number of aromatic nitrogens is 3. The molecule has 0 unspecified atom stereocenters. The standard InChI is InChI=1S/C19H20Cl2N4O2S/c20-15-4-5-16(21)17(13-15)28(26,27)12-11-24-9-6-14(7-10-24)19-23-22-18-3-1-2-8-25(18)19/h1-5,8,13-14H,6-7,9-12H2. The van der Waals surface area contributed by atoms with Gasteiger partial charge >= 0.3 is 0 Å². The lowest BCUT2D eigenvalue weighted by molar-refractivity contribution is 0.219. The maximum Gasteiger partial charge on any atom is 0.181 e. The van der Waals surface area contributed by atoms with Gasteiger partial charge in [0.15, 0.2) is 15.5 Å². The molecule has 28 heavy (non-hydrogen) atoms. The van der Waals surface area contributed by atoms with Gasteiger partial charge < -0.3 is 4.90 Å². The minimum absolute atomic E-state index is 0.0194. The van der Waals surface area contributed by atoms with Gasteiger partial charge in [0.1, 0.15) is 5.82 Å². The summed E-state index contributed by atoms with van der Waals surface area (Å²) in [6, 6.07) is 10.4. The Morgan fingerprint density at radius 1 is 1.07 bits per heavy atom.